The summed E-state index contributed by atoms with van der Waals surface area (Å²) in [6.45, 7) is 0.669. The summed E-state index contributed by atoms with van der Waals surface area (Å²) in [5.41, 5.74) is 5.23. The zero-order valence-electron chi connectivity index (χ0n) is 10.3. The highest BCUT2D eigenvalue weighted by Gasteiger charge is 2.37. The predicted molar refractivity (Wildman–Crippen MR) is 79.3 cm³/mol. The molecule has 0 aromatic carbocycles. The van der Waals surface area contributed by atoms with Crippen molar-refractivity contribution < 1.29 is 4.74 Å². The second-order valence-electron chi connectivity index (χ2n) is 4.84. The standard InChI is InChI=1S/C13H14Br2N2O/c1-17(2)10-5-8-11-7(12(14)16-13(8)15)3-4-18-6-9(10)11/h3-4,10,16H,5-6H2,1-2H3. The van der Waals surface area contributed by atoms with E-state index in [1.54, 1.807) is 6.26 Å². The molecule has 2 heterocycles. The van der Waals surface area contributed by atoms with Crippen molar-refractivity contribution in [1.29, 1.82) is 0 Å². The van der Waals surface area contributed by atoms with Crippen molar-refractivity contribution in [2.75, 3.05) is 20.7 Å². The summed E-state index contributed by atoms with van der Waals surface area (Å²) in [6, 6.07) is 0.414. The third-order valence-corrected chi connectivity index (χ3v) is 4.91. The Balaban J connectivity index is 2.20. The molecule has 5 heteroatoms. The van der Waals surface area contributed by atoms with Gasteiger partial charge in [0.15, 0.2) is 0 Å². The van der Waals surface area contributed by atoms with Gasteiger partial charge in [-0.05, 0) is 75.2 Å². The number of dihydropyridines is 1. The molecule has 1 atom stereocenters. The van der Waals surface area contributed by atoms with Gasteiger partial charge in [-0.3, -0.25) is 0 Å². The van der Waals surface area contributed by atoms with Gasteiger partial charge < -0.3 is 15.0 Å². The summed E-state index contributed by atoms with van der Waals surface area (Å²) >= 11 is 7.23. The maximum Gasteiger partial charge on any atom is 0.111 e. The third-order valence-electron chi connectivity index (χ3n) is 3.61. The molecule has 1 unspecified atom stereocenters. The number of likely N-dealkylation sites (N-methyl/N-ethyl adjacent to an activating group) is 1. The lowest BCUT2D eigenvalue weighted by molar-refractivity contribution is 0.248. The number of ether oxygens (including phenoxy) is 1. The van der Waals surface area contributed by atoms with E-state index in [1.807, 2.05) is 6.08 Å². The molecule has 3 rings (SSSR count). The molecule has 0 saturated heterocycles. The van der Waals surface area contributed by atoms with Gasteiger partial charge in [-0.15, -0.1) is 0 Å². The summed E-state index contributed by atoms with van der Waals surface area (Å²) < 4.78 is 7.65. The smallest absolute Gasteiger partial charge is 0.111 e. The molecule has 2 aliphatic heterocycles. The van der Waals surface area contributed by atoms with Crippen LogP contribution >= 0.6 is 31.9 Å². The number of rotatable bonds is 1. The molecular formula is C13H14Br2N2O. The lowest BCUT2D eigenvalue weighted by Gasteiger charge is -2.22. The topological polar surface area (TPSA) is 24.5 Å². The number of nitrogens with zero attached hydrogens (tertiary/aromatic N) is 1. The van der Waals surface area contributed by atoms with Crippen molar-refractivity contribution in [3.8, 4) is 0 Å². The zero-order valence-corrected chi connectivity index (χ0v) is 13.4. The molecule has 18 heavy (non-hydrogen) atoms. The minimum absolute atomic E-state index is 0.414. The Hall–Kier alpha value is -0.520. The van der Waals surface area contributed by atoms with Crippen molar-refractivity contribution in [3.05, 3.63) is 43.8 Å². The quantitative estimate of drug-likeness (QED) is 0.715. The first-order chi connectivity index (χ1) is 8.59. The third kappa shape index (κ3) is 1.80. The molecule has 0 amide bonds. The molecular weight excluding hydrogens is 360 g/mol. The molecule has 3 nitrogen and oxygen atoms in total. The van der Waals surface area contributed by atoms with Gasteiger partial charge in [0.2, 0.25) is 0 Å². The Bertz CT molecular complexity index is 529. The van der Waals surface area contributed by atoms with Crippen molar-refractivity contribution in [1.82, 2.24) is 10.2 Å². The maximum atomic E-state index is 5.59. The van der Waals surface area contributed by atoms with Gasteiger partial charge >= 0.3 is 0 Å². The highest BCUT2D eigenvalue weighted by atomic mass is 79.9. The molecule has 0 aromatic heterocycles. The van der Waals surface area contributed by atoms with E-state index in [2.05, 4.69) is 56.2 Å². The van der Waals surface area contributed by atoms with Gasteiger partial charge in [-0.1, -0.05) is 0 Å². The molecule has 0 radical (unpaired) electrons. The van der Waals surface area contributed by atoms with Crippen LogP contribution in [0.4, 0.5) is 0 Å². The van der Waals surface area contributed by atoms with E-state index in [0.717, 1.165) is 15.6 Å². The predicted octanol–water partition coefficient (Wildman–Crippen LogP) is 2.98. The normalized spacial score (nSPS) is 26.4. The van der Waals surface area contributed by atoms with Crippen molar-refractivity contribution >= 4 is 31.9 Å². The van der Waals surface area contributed by atoms with Gasteiger partial charge in [-0.25, -0.2) is 0 Å². The highest BCUT2D eigenvalue weighted by Crippen LogP contribution is 2.46. The molecule has 3 aliphatic rings. The summed E-state index contributed by atoms with van der Waals surface area (Å²) in [6.07, 6.45) is 4.82. The van der Waals surface area contributed by atoms with Gasteiger partial charge in [0.1, 0.15) is 6.61 Å². The van der Waals surface area contributed by atoms with Gasteiger partial charge in [-0.2, -0.15) is 0 Å². The fourth-order valence-corrected chi connectivity index (χ4v) is 4.09. The monoisotopic (exact) mass is 372 g/mol. The summed E-state index contributed by atoms with van der Waals surface area (Å²) in [7, 11) is 4.24. The first kappa shape index (κ1) is 12.5. The van der Waals surface area contributed by atoms with Crippen LogP contribution in [0, 0.1) is 0 Å². The number of nitrogens with one attached hydrogen (secondary N) is 1. The van der Waals surface area contributed by atoms with E-state index in [1.165, 1.54) is 22.3 Å². The van der Waals surface area contributed by atoms with E-state index in [-0.39, 0.29) is 0 Å². The van der Waals surface area contributed by atoms with Crippen LogP contribution in [0.2, 0.25) is 0 Å². The van der Waals surface area contributed by atoms with Crippen LogP contribution < -0.4 is 5.32 Å². The molecule has 1 aliphatic carbocycles. The van der Waals surface area contributed by atoms with Gasteiger partial charge in [0.25, 0.3) is 0 Å². The van der Waals surface area contributed by atoms with Gasteiger partial charge in [0.05, 0.1) is 15.5 Å². The largest absolute Gasteiger partial charge is 0.497 e. The molecule has 0 fully saturated rings. The first-order valence-electron chi connectivity index (χ1n) is 5.83. The highest BCUT2D eigenvalue weighted by molar-refractivity contribution is 9.12. The van der Waals surface area contributed by atoms with Crippen molar-refractivity contribution in [2.45, 2.75) is 12.5 Å². The lowest BCUT2D eigenvalue weighted by Crippen LogP contribution is -2.29. The minimum atomic E-state index is 0.414. The molecule has 96 valence electrons. The second-order valence-corrected chi connectivity index (χ2v) is 6.43. The van der Waals surface area contributed by atoms with Crippen LogP contribution in [0.5, 0.6) is 0 Å². The van der Waals surface area contributed by atoms with Crippen LogP contribution in [0.25, 0.3) is 0 Å². The van der Waals surface area contributed by atoms with E-state index in [0.29, 0.717) is 12.6 Å². The maximum absolute atomic E-state index is 5.59. The molecule has 0 aromatic rings. The van der Waals surface area contributed by atoms with Crippen LogP contribution in [-0.2, 0) is 4.74 Å². The zero-order chi connectivity index (χ0) is 12.9. The summed E-state index contributed by atoms with van der Waals surface area (Å²) in [4.78, 5) is 2.26. The van der Waals surface area contributed by atoms with E-state index < -0.39 is 0 Å². The minimum Gasteiger partial charge on any atom is -0.497 e. The van der Waals surface area contributed by atoms with Crippen LogP contribution in [0.3, 0.4) is 0 Å². The molecule has 1 N–H and O–H groups in total. The fraction of sp³-hybridized carbons (Fsp3) is 0.385. The average Bonchev–Trinajstić information content (AvgIpc) is 2.55. The Morgan fingerprint density at radius 2 is 2.11 bits per heavy atom. The fourth-order valence-electron chi connectivity index (χ4n) is 2.74. The number of allylic oxidation sites excluding steroid dienone is 3. The Morgan fingerprint density at radius 1 is 1.33 bits per heavy atom. The van der Waals surface area contributed by atoms with Crippen molar-refractivity contribution in [3.63, 3.8) is 0 Å². The van der Waals surface area contributed by atoms with E-state index in [9.17, 15) is 0 Å². The Kier molecular flexibility index (Phi) is 3.16. The average molecular weight is 374 g/mol. The van der Waals surface area contributed by atoms with Crippen LogP contribution in [-0.4, -0.2) is 31.6 Å². The molecule has 0 saturated carbocycles. The number of halogens is 2. The first-order valence-corrected chi connectivity index (χ1v) is 7.42. The Morgan fingerprint density at radius 3 is 2.83 bits per heavy atom. The van der Waals surface area contributed by atoms with Crippen molar-refractivity contribution in [2.24, 2.45) is 0 Å². The van der Waals surface area contributed by atoms with Crippen LogP contribution in [0.15, 0.2) is 43.8 Å². The molecule has 0 spiro atoms. The number of hydrogen-bond acceptors (Lipinski definition) is 3. The van der Waals surface area contributed by atoms with Crippen LogP contribution in [0.1, 0.15) is 6.42 Å². The summed E-state index contributed by atoms with van der Waals surface area (Å²) in [5.74, 6) is 0. The van der Waals surface area contributed by atoms with E-state index >= 15 is 0 Å². The Labute approximate surface area is 124 Å². The SMILES string of the molecule is CN(C)C1CC2=C(Br)NC(Br)=C3C=COCC1=C32. The second kappa shape index (κ2) is 4.54. The summed E-state index contributed by atoms with van der Waals surface area (Å²) in [5, 5.41) is 3.33. The molecule has 0 bridgehead atoms. The lowest BCUT2D eigenvalue weighted by atomic mass is 9.98. The number of hydrogen-bond donors (Lipinski definition) is 1. The van der Waals surface area contributed by atoms with Gasteiger partial charge in [0, 0.05) is 11.6 Å². The van der Waals surface area contributed by atoms with E-state index in [4.69, 9.17) is 4.74 Å².